The van der Waals surface area contributed by atoms with Crippen LogP contribution in [-0.2, 0) is 14.6 Å². The highest BCUT2D eigenvalue weighted by molar-refractivity contribution is 8.01. The van der Waals surface area contributed by atoms with Crippen LogP contribution in [0.2, 0.25) is 5.02 Å². The Bertz CT molecular complexity index is 850. The fourth-order valence-corrected chi connectivity index (χ4v) is 6.36. The highest BCUT2D eigenvalue weighted by Gasteiger charge is 2.32. The fraction of sp³-hybridized carbons (Fsp3) is 0.429. The number of amides is 1. The summed E-state index contributed by atoms with van der Waals surface area (Å²) in [5, 5.41) is 0.637. The summed E-state index contributed by atoms with van der Waals surface area (Å²) in [6.07, 6.45) is 0.523. The Hall–Kier alpha value is -0.830. The van der Waals surface area contributed by atoms with Gasteiger partial charge in [-0.3, -0.25) is 4.79 Å². The van der Waals surface area contributed by atoms with Crippen LogP contribution in [0.5, 0.6) is 0 Å². The van der Waals surface area contributed by atoms with Gasteiger partial charge >= 0.3 is 0 Å². The summed E-state index contributed by atoms with van der Waals surface area (Å²) < 4.78 is 24.9. The van der Waals surface area contributed by atoms with Crippen LogP contribution in [0.4, 0.5) is 0 Å². The molecule has 0 bridgehead atoms. The van der Waals surface area contributed by atoms with E-state index in [0.717, 1.165) is 14.6 Å². The highest BCUT2D eigenvalue weighted by atomic mass is 35.5. The van der Waals surface area contributed by atoms with Gasteiger partial charge in [-0.25, -0.2) is 13.4 Å². The lowest BCUT2D eigenvalue weighted by Crippen LogP contribution is -2.38. The van der Waals surface area contributed by atoms with Gasteiger partial charge in [0.2, 0.25) is 5.91 Å². The molecule has 0 spiro atoms. The van der Waals surface area contributed by atoms with Crippen molar-refractivity contribution in [1.29, 1.82) is 0 Å². The van der Waals surface area contributed by atoms with Gasteiger partial charge in [0, 0.05) is 18.1 Å². The molecule has 0 N–H and O–H groups in total. The monoisotopic (exact) mass is 390 g/mol. The lowest BCUT2D eigenvalue weighted by molar-refractivity contribution is -0.128. The molecule has 1 aromatic heterocycles. The van der Waals surface area contributed by atoms with Crippen molar-refractivity contribution in [3.8, 4) is 0 Å². The molecule has 0 unspecified atom stereocenters. The standard InChI is InChI=1S/C14H15ClN2O3S3/c1-17(10-4-5-23(19,20)8-10)13(18)7-21-14-16-11-6-9(15)2-3-12(11)22-14/h2-3,6,10H,4-5,7-8H2,1H3/t10-/m0/s1. The normalized spacial score (nSPS) is 20.0. The summed E-state index contributed by atoms with van der Waals surface area (Å²) >= 11 is 8.83. The Kier molecular flexibility index (Phi) is 4.87. The molecule has 23 heavy (non-hydrogen) atoms. The van der Waals surface area contributed by atoms with E-state index in [1.54, 1.807) is 18.0 Å². The van der Waals surface area contributed by atoms with Gasteiger partial charge in [-0.15, -0.1) is 11.3 Å². The average molecular weight is 391 g/mol. The van der Waals surface area contributed by atoms with Crippen molar-refractivity contribution in [1.82, 2.24) is 9.88 Å². The molecule has 0 aliphatic carbocycles. The second-order valence-electron chi connectivity index (χ2n) is 5.44. The second kappa shape index (κ2) is 6.58. The Morgan fingerprint density at radius 3 is 3.00 bits per heavy atom. The largest absolute Gasteiger partial charge is 0.341 e. The molecule has 0 radical (unpaired) electrons. The van der Waals surface area contributed by atoms with Gasteiger partial charge < -0.3 is 4.90 Å². The van der Waals surface area contributed by atoms with Gasteiger partial charge in [-0.05, 0) is 24.6 Å². The smallest absolute Gasteiger partial charge is 0.233 e. The molecule has 3 rings (SSSR count). The molecule has 2 aromatic rings. The zero-order chi connectivity index (χ0) is 16.6. The Morgan fingerprint density at radius 1 is 1.52 bits per heavy atom. The van der Waals surface area contributed by atoms with Crippen molar-refractivity contribution < 1.29 is 13.2 Å². The number of thiazole rings is 1. The molecular formula is C14H15ClN2O3S3. The predicted molar refractivity (Wildman–Crippen MR) is 95.2 cm³/mol. The predicted octanol–water partition coefficient (Wildman–Crippen LogP) is 2.69. The summed E-state index contributed by atoms with van der Waals surface area (Å²) in [5.74, 6) is 0.413. The first-order valence-electron chi connectivity index (χ1n) is 6.99. The van der Waals surface area contributed by atoms with Crippen LogP contribution in [0, 0.1) is 0 Å². The molecule has 1 saturated heterocycles. The Morgan fingerprint density at radius 2 is 2.30 bits per heavy atom. The minimum atomic E-state index is -2.99. The maximum Gasteiger partial charge on any atom is 0.233 e. The third-order valence-corrected chi connectivity index (χ3v) is 7.95. The summed E-state index contributed by atoms with van der Waals surface area (Å²) in [6, 6.07) is 5.32. The topological polar surface area (TPSA) is 67.3 Å². The van der Waals surface area contributed by atoms with E-state index < -0.39 is 9.84 Å². The molecule has 0 saturated carbocycles. The molecular weight excluding hydrogens is 376 g/mol. The van der Waals surface area contributed by atoms with Gasteiger partial charge in [0.25, 0.3) is 0 Å². The molecule has 1 aliphatic rings. The van der Waals surface area contributed by atoms with Crippen LogP contribution in [0.1, 0.15) is 6.42 Å². The molecule has 1 aliphatic heterocycles. The minimum Gasteiger partial charge on any atom is -0.341 e. The summed E-state index contributed by atoms with van der Waals surface area (Å²) in [7, 11) is -1.31. The van der Waals surface area contributed by atoms with Crippen molar-refractivity contribution in [2.24, 2.45) is 0 Å². The van der Waals surface area contributed by atoms with Crippen LogP contribution < -0.4 is 0 Å². The molecule has 1 aromatic carbocycles. The number of thioether (sulfide) groups is 1. The quantitative estimate of drug-likeness (QED) is 0.751. The highest BCUT2D eigenvalue weighted by Crippen LogP contribution is 2.31. The summed E-state index contributed by atoms with van der Waals surface area (Å²) in [5.41, 5.74) is 0.827. The van der Waals surface area contributed by atoms with Crippen LogP contribution in [-0.4, -0.2) is 54.6 Å². The molecule has 5 nitrogen and oxygen atoms in total. The van der Waals surface area contributed by atoms with E-state index >= 15 is 0 Å². The number of carbonyl (C=O) groups excluding carboxylic acids is 1. The van der Waals surface area contributed by atoms with Crippen molar-refractivity contribution in [2.75, 3.05) is 24.3 Å². The molecule has 2 heterocycles. The Labute approximate surface area is 147 Å². The molecule has 9 heteroatoms. The third kappa shape index (κ3) is 3.99. The van der Waals surface area contributed by atoms with Crippen LogP contribution in [0.3, 0.4) is 0 Å². The van der Waals surface area contributed by atoms with Crippen LogP contribution >= 0.6 is 34.7 Å². The SMILES string of the molecule is CN(C(=O)CSc1nc2cc(Cl)ccc2s1)[C@H]1CCS(=O)(=O)C1. The van der Waals surface area contributed by atoms with Crippen LogP contribution in [0.15, 0.2) is 22.5 Å². The number of rotatable bonds is 4. The molecule has 1 amide bonds. The number of hydrogen-bond acceptors (Lipinski definition) is 6. The molecule has 124 valence electrons. The number of fused-ring (bicyclic) bond motifs is 1. The first-order valence-corrected chi connectivity index (χ1v) is 11.0. The maximum atomic E-state index is 12.2. The van der Waals surface area contributed by atoms with E-state index in [4.69, 9.17) is 11.6 Å². The number of sulfone groups is 1. The van der Waals surface area contributed by atoms with Crippen molar-refractivity contribution in [2.45, 2.75) is 16.8 Å². The van der Waals surface area contributed by atoms with E-state index in [1.165, 1.54) is 23.1 Å². The first kappa shape index (κ1) is 17.0. The van der Waals surface area contributed by atoms with E-state index in [9.17, 15) is 13.2 Å². The second-order valence-corrected chi connectivity index (χ2v) is 10.4. The maximum absolute atomic E-state index is 12.2. The zero-order valence-corrected chi connectivity index (χ0v) is 15.6. The molecule has 1 atom stereocenters. The van der Waals surface area contributed by atoms with Gasteiger partial charge in [0.1, 0.15) is 0 Å². The Balaban J connectivity index is 1.61. The zero-order valence-electron chi connectivity index (χ0n) is 12.4. The van der Waals surface area contributed by atoms with Gasteiger partial charge in [-0.2, -0.15) is 0 Å². The lowest BCUT2D eigenvalue weighted by Gasteiger charge is -2.22. The molecule has 1 fully saturated rings. The van der Waals surface area contributed by atoms with Crippen molar-refractivity contribution >= 4 is 60.7 Å². The van der Waals surface area contributed by atoms with Crippen LogP contribution in [0.25, 0.3) is 10.2 Å². The number of carbonyl (C=O) groups is 1. The summed E-state index contributed by atoms with van der Waals surface area (Å²) in [4.78, 5) is 18.3. The van der Waals surface area contributed by atoms with E-state index in [2.05, 4.69) is 4.98 Å². The third-order valence-electron chi connectivity index (χ3n) is 3.80. The van der Waals surface area contributed by atoms with Crippen molar-refractivity contribution in [3.63, 3.8) is 0 Å². The van der Waals surface area contributed by atoms with Gasteiger partial charge in [0.15, 0.2) is 14.2 Å². The number of hydrogen-bond donors (Lipinski definition) is 0. The van der Waals surface area contributed by atoms with E-state index in [0.29, 0.717) is 11.4 Å². The lowest BCUT2D eigenvalue weighted by atomic mass is 10.2. The van der Waals surface area contributed by atoms with E-state index in [1.807, 2.05) is 12.1 Å². The van der Waals surface area contributed by atoms with Gasteiger partial charge in [-0.1, -0.05) is 23.4 Å². The number of nitrogens with zero attached hydrogens (tertiary/aromatic N) is 2. The number of halogens is 1. The number of benzene rings is 1. The fourth-order valence-electron chi connectivity index (χ4n) is 2.45. The average Bonchev–Trinajstić information content (AvgIpc) is 3.06. The van der Waals surface area contributed by atoms with Crippen molar-refractivity contribution in [3.05, 3.63) is 23.2 Å². The summed E-state index contributed by atoms with van der Waals surface area (Å²) in [6.45, 7) is 0. The van der Waals surface area contributed by atoms with Gasteiger partial charge in [0.05, 0.1) is 27.5 Å². The first-order chi connectivity index (χ1) is 10.8. The van der Waals surface area contributed by atoms with E-state index in [-0.39, 0.29) is 29.2 Å². The minimum absolute atomic E-state index is 0.0690. The number of aromatic nitrogens is 1.